The van der Waals surface area contributed by atoms with E-state index >= 15 is 0 Å². The third-order valence-corrected chi connectivity index (χ3v) is 3.66. The Bertz CT molecular complexity index is 487. The zero-order valence-electron chi connectivity index (χ0n) is 12.5. The van der Waals surface area contributed by atoms with Crippen molar-refractivity contribution in [3.05, 3.63) is 23.8 Å². The van der Waals surface area contributed by atoms with Gasteiger partial charge in [-0.1, -0.05) is 0 Å². The maximum atomic E-state index is 12.2. The van der Waals surface area contributed by atoms with Crippen LogP contribution in [0.1, 0.15) is 23.2 Å². The molecular formula is C15H24N4O. The average Bonchev–Trinajstić information content (AvgIpc) is 2.38. The molecule has 0 radical (unpaired) electrons. The molecule has 1 aliphatic heterocycles. The summed E-state index contributed by atoms with van der Waals surface area (Å²) in [6, 6.07) is 5.79. The third-order valence-electron chi connectivity index (χ3n) is 3.66. The first-order valence-corrected chi connectivity index (χ1v) is 7.03. The number of nitrogens with one attached hydrogen (secondary N) is 1. The van der Waals surface area contributed by atoms with Gasteiger partial charge >= 0.3 is 0 Å². The molecular weight excluding hydrogens is 252 g/mol. The largest absolute Gasteiger partial charge is 0.399 e. The highest BCUT2D eigenvalue weighted by Crippen LogP contribution is 2.23. The lowest BCUT2D eigenvalue weighted by Crippen LogP contribution is -2.40. The van der Waals surface area contributed by atoms with E-state index in [0.29, 0.717) is 17.3 Å². The zero-order chi connectivity index (χ0) is 14.7. The molecule has 1 aromatic carbocycles. The Kier molecular flexibility index (Phi) is 4.49. The summed E-state index contributed by atoms with van der Waals surface area (Å²) < 4.78 is 0. The smallest absolute Gasteiger partial charge is 0.255 e. The topological polar surface area (TPSA) is 61.6 Å². The fourth-order valence-corrected chi connectivity index (χ4v) is 2.61. The molecule has 1 amide bonds. The fourth-order valence-electron chi connectivity index (χ4n) is 2.61. The number of nitrogen functional groups attached to an aromatic ring is 1. The number of benzene rings is 1. The predicted molar refractivity (Wildman–Crippen MR) is 83.0 cm³/mol. The second-order valence-corrected chi connectivity index (χ2v) is 5.75. The van der Waals surface area contributed by atoms with Gasteiger partial charge in [-0.05, 0) is 44.6 Å². The summed E-state index contributed by atoms with van der Waals surface area (Å²) >= 11 is 0. The number of rotatable bonds is 3. The van der Waals surface area contributed by atoms with E-state index < -0.39 is 0 Å². The lowest BCUT2D eigenvalue weighted by molar-refractivity contribution is 0.0828. The number of nitrogens with two attached hydrogens (primary N) is 1. The van der Waals surface area contributed by atoms with Crippen molar-refractivity contribution in [3.63, 3.8) is 0 Å². The molecule has 20 heavy (non-hydrogen) atoms. The van der Waals surface area contributed by atoms with Crippen LogP contribution in [0.15, 0.2) is 18.2 Å². The molecule has 1 aliphatic rings. The van der Waals surface area contributed by atoms with Crippen LogP contribution in [0.2, 0.25) is 0 Å². The van der Waals surface area contributed by atoms with Gasteiger partial charge in [-0.25, -0.2) is 0 Å². The standard InChI is InChI=1S/C15H24N4O/c1-18(2)15(20)13-7-6-11(16)9-14(13)17-12-5-4-8-19(3)10-12/h6-7,9,12,17H,4-5,8,10,16H2,1-3H3. The van der Waals surface area contributed by atoms with Crippen molar-refractivity contribution >= 4 is 17.3 Å². The van der Waals surface area contributed by atoms with E-state index in [1.54, 1.807) is 31.1 Å². The number of carbonyl (C=O) groups excluding carboxylic acids is 1. The molecule has 1 saturated heterocycles. The van der Waals surface area contributed by atoms with Crippen molar-refractivity contribution in [1.29, 1.82) is 0 Å². The van der Waals surface area contributed by atoms with Crippen LogP contribution in [0.25, 0.3) is 0 Å². The van der Waals surface area contributed by atoms with Gasteiger partial charge in [0.1, 0.15) is 0 Å². The number of carbonyl (C=O) groups is 1. The summed E-state index contributed by atoms with van der Waals surface area (Å²) in [4.78, 5) is 16.1. The highest BCUT2D eigenvalue weighted by atomic mass is 16.2. The first-order chi connectivity index (χ1) is 9.47. The molecule has 3 N–H and O–H groups in total. The quantitative estimate of drug-likeness (QED) is 0.821. The van der Waals surface area contributed by atoms with Gasteiger partial charge in [0.15, 0.2) is 0 Å². The van der Waals surface area contributed by atoms with E-state index in [1.165, 1.54) is 6.42 Å². The number of hydrogen-bond donors (Lipinski definition) is 2. The summed E-state index contributed by atoms with van der Waals surface area (Å²) in [7, 11) is 5.65. The van der Waals surface area contributed by atoms with E-state index in [9.17, 15) is 4.79 Å². The minimum absolute atomic E-state index is 0.00309. The van der Waals surface area contributed by atoms with Crippen molar-refractivity contribution < 1.29 is 4.79 Å². The minimum Gasteiger partial charge on any atom is -0.399 e. The lowest BCUT2D eigenvalue weighted by Gasteiger charge is -2.31. The van der Waals surface area contributed by atoms with Crippen LogP contribution < -0.4 is 11.1 Å². The summed E-state index contributed by atoms with van der Waals surface area (Å²) in [6.45, 7) is 2.13. The molecule has 5 heteroatoms. The fraction of sp³-hybridized carbons (Fsp3) is 0.533. The SMILES string of the molecule is CN1CCCC(Nc2cc(N)ccc2C(=O)N(C)C)C1. The van der Waals surface area contributed by atoms with Gasteiger partial charge < -0.3 is 20.9 Å². The highest BCUT2D eigenvalue weighted by molar-refractivity contribution is 6.00. The summed E-state index contributed by atoms with van der Waals surface area (Å²) in [6.07, 6.45) is 2.29. The van der Waals surface area contributed by atoms with Crippen LogP contribution in [0.4, 0.5) is 11.4 Å². The first-order valence-electron chi connectivity index (χ1n) is 7.03. The van der Waals surface area contributed by atoms with Gasteiger partial charge in [-0.2, -0.15) is 0 Å². The average molecular weight is 276 g/mol. The number of hydrogen-bond acceptors (Lipinski definition) is 4. The van der Waals surface area contributed by atoms with E-state index in [0.717, 1.165) is 25.2 Å². The number of piperidine rings is 1. The molecule has 110 valence electrons. The zero-order valence-corrected chi connectivity index (χ0v) is 12.5. The molecule has 1 unspecified atom stereocenters. The van der Waals surface area contributed by atoms with Crippen LogP contribution in [0, 0.1) is 0 Å². The molecule has 5 nitrogen and oxygen atoms in total. The van der Waals surface area contributed by atoms with Crippen LogP contribution in [0.3, 0.4) is 0 Å². The maximum absolute atomic E-state index is 12.2. The van der Waals surface area contributed by atoms with Crippen molar-refractivity contribution in [2.45, 2.75) is 18.9 Å². The van der Waals surface area contributed by atoms with Crippen molar-refractivity contribution in [3.8, 4) is 0 Å². The van der Waals surface area contributed by atoms with Gasteiger partial charge in [-0.15, -0.1) is 0 Å². The van der Waals surface area contributed by atoms with Crippen molar-refractivity contribution in [1.82, 2.24) is 9.80 Å². The predicted octanol–water partition coefficient (Wildman–Crippen LogP) is 1.48. The van der Waals surface area contributed by atoms with E-state index in [-0.39, 0.29) is 5.91 Å². The van der Waals surface area contributed by atoms with Crippen LogP contribution in [0.5, 0.6) is 0 Å². The normalized spacial score (nSPS) is 19.6. The second-order valence-electron chi connectivity index (χ2n) is 5.75. The second kappa shape index (κ2) is 6.13. The number of likely N-dealkylation sites (N-methyl/N-ethyl adjacent to an activating group) is 1. The maximum Gasteiger partial charge on any atom is 0.255 e. The summed E-state index contributed by atoms with van der Waals surface area (Å²) in [5.41, 5.74) is 8.05. The molecule has 1 fully saturated rings. The number of likely N-dealkylation sites (tertiary alicyclic amines) is 1. The Morgan fingerprint density at radius 1 is 1.45 bits per heavy atom. The number of anilines is 2. The van der Waals surface area contributed by atoms with Gasteiger partial charge in [-0.3, -0.25) is 4.79 Å². The lowest BCUT2D eigenvalue weighted by atomic mass is 10.0. The molecule has 0 aromatic heterocycles. The number of nitrogens with zero attached hydrogens (tertiary/aromatic N) is 2. The number of amides is 1. The molecule has 0 aliphatic carbocycles. The Balaban J connectivity index is 2.21. The Labute approximate surface area is 120 Å². The monoisotopic (exact) mass is 276 g/mol. The molecule has 1 heterocycles. The summed E-state index contributed by atoms with van der Waals surface area (Å²) in [5, 5.41) is 3.49. The van der Waals surface area contributed by atoms with E-state index in [4.69, 9.17) is 5.73 Å². The molecule has 1 atom stereocenters. The highest BCUT2D eigenvalue weighted by Gasteiger charge is 2.20. The molecule has 0 spiro atoms. The molecule has 1 aromatic rings. The van der Waals surface area contributed by atoms with E-state index in [1.807, 2.05) is 6.07 Å². The Morgan fingerprint density at radius 2 is 2.20 bits per heavy atom. The van der Waals surface area contributed by atoms with Crippen LogP contribution in [-0.2, 0) is 0 Å². The van der Waals surface area contributed by atoms with Crippen LogP contribution in [-0.4, -0.2) is 56.0 Å². The molecule has 0 bridgehead atoms. The summed E-state index contributed by atoms with van der Waals surface area (Å²) in [5.74, 6) is -0.00309. The van der Waals surface area contributed by atoms with Gasteiger partial charge in [0.25, 0.3) is 5.91 Å². The Morgan fingerprint density at radius 3 is 2.85 bits per heavy atom. The van der Waals surface area contributed by atoms with Crippen molar-refractivity contribution in [2.24, 2.45) is 0 Å². The molecule has 2 rings (SSSR count). The van der Waals surface area contributed by atoms with E-state index in [2.05, 4.69) is 17.3 Å². The van der Waals surface area contributed by atoms with Gasteiger partial charge in [0, 0.05) is 38.1 Å². The van der Waals surface area contributed by atoms with Gasteiger partial charge in [0.2, 0.25) is 0 Å². The van der Waals surface area contributed by atoms with Gasteiger partial charge in [0.05, 0.1) is 5.56 Å². The molecule has 0 saturated carbocycles. The minimum atomic E-state index is -0.00309. The Hall–Kier alpha value is -1.75. The van der Waals surface area contributed by atoms with Crippen LogP contribution >= 0.6 is 0 Å². The third kappa shape index (κ3) is 3.42. The first kappa shape index (κ1) is 14.7. The van der Waals surface area contributed by atoms with Crippen molar-refractivity contribution in [2.75, 3.05) is 45.3 Å².